The molecule has 0 aliphatic heterocycles. The smallest absolute Gasteiger partial charge is 0.193 e. The number of aromatic nitrogens is 1. The summed E-state index contributed by atoms with van der Waals surface area (Å²) in [5.74, 6) is 0.913. The minimum Gasteiger partial charge on any atom is -0.356 e. The zero-order valence-corrected chi connectivity index (χ0v) is 13.0. The van der Waals surface area contributed by atoms with E-state index in [0.717, 1.165) is 43.9 Å². The Balaban J connectivity index is 2.34. The molecule has 1 heterocycles. The van der Waals surface area contributed by atoms with E-state index in [0.29, 0.717) is 5.15 Å². The lowest BCUT2D eigenvalue weighted by atomic mass is 10.2. The number of allylic oxidation sites excluding steroid dienone is 1. The van der Waals surface area contributed by atoms with Gasteiger partial charge in [-0.25, -0.2) is 4.98 Å². The molecule has 1 N–H and O–H groups in total. The normalized spacial score (nSPS) is 11.2. The number of unbranched alkanes of at least 4 members (excludes halogenated alkanes) is 1. The molecule has 1 rings (SSSR count). The second-order valence-electron chi connectivity index (χ2n) is 4.57. The molecule has 0 radical (unpaired) electrons. The summed E-state index contributed by atoms with van der Waals surface area (Å²) in [6.45, 7) is 5.52. The Morgan fingerprint density at radius 3 is 2.95 bits per heavy atom. The van der Waals surface area contributed by atoms with Gasteiger partial charge in [0, 0.05) is 33.4 Å². The monoisotopic (exact) mass is 294 g/mol. The third kappa shape index (κ3) is 6.06. The highest BCUT2D eigenvalue weighted by molar-refractivity contribution is 6.29. The van der Waals surface area contributed by atoms with Gasteiger partial charge in [-0.05, 0) is 30.9 Å². The molecule has 0 saturated heterocycles. The lowest BCUT2D eigenvalue weighted by molar-refractivity contribution is 0.470. The minimum absolute atomic E-state index is 0.527. The van der Waals surface area contributed by atoms with Crippen molar-refractivity contribution in [2.45, 2.75) is 19.3 Å². The summed E-state index contributed by atoms with van der Waals surface area (Å²) < 4.78 is 0. The van der Waals surface area contributed by atoms with Gasteiger partial charge in [0.25, 0.3) is 0 Å². The zero-order valence-electron chi connectivity index (χ0n) is 12.3. The van der Waals surface area contributed by atoms with Gasteiger partial charge >= 0.3 is 0 Å². The lowest BCUT2D eigenvalue weighted by Gasteiger charge is -2.21. The fourth-order valence-electron chi connectivity index (χ4n) is 1.84. The van der Waals surface area contributed by atoms with Crippen molar-refractivity contribution >= 4 is 17.6 Å². The van der Waals surface area contributed by atoms with Crippen LogP contribution in [0.2, 0.25) is 5.15 Å². The van der Waals surface area contributed by atoms with Crippen LogP contribution >= 0.6 is 11.6 Å². The molecule has 110 valence electrons. The number of pyridine rings is 1. The van der Waals surface area contributed by atoms with Crippen molar-refractivity contribution in [2.24, 2.45) is 4.99 Å². The highest BCUT2D eigenvalue weighted by Crippen LogP contribution is 2.05. The van der Waals surface area contributed by atoms with Gasteiger partial charge in [-0.15, -0.1) is 6.58 Å². The first-order valence-electron chi connectivity index (χ1n) is 6.80. The van der Waals surface area contributed by atoms with Crippen LogP contribution < -0.4 is 5.32 Å². The van der Waals surface area contributed by atoms with Gasteiger partial charge in [0.2, 0.25) is 0 Å². The predicted molar refractivity (Wildman–Crippen MR) is 86.4 cm³/mol. The molecule has 1 aromatic heterocycles. The summed E-state index contributed by atoms with van der Waals surface area (Å²) in [7, 11) is 3.85. The molecule has 0 spiro atoms. The Morgan fingerprint density at radius 1 is 1.55 bits per heavy atom. The first kappa shape index (κ1) is 16.5. The van der Waals surface area contributed by atoms with Crippen LogP contribution in [0, 0.1) is 0 Å². The van der Waals surface area contributed by atoms with Crippen molar-refractivity contribution in [1.82, 2.24) is 15.2 Å². The molecule has 5 heteroatoms. The van der Waals surface area contributed by atoms with Gasteiger partial charge in [0.05, 0.1) is 0 Å². The molecule has 0 aliphatic rings. The number of hydrogen-bond donors (Lipinski definition) is 1. The van der Waals surface area contributed by atoms with Crippen LogP contribution in [0.5, 0.6) is 0 Å². The van der Waals surface area contributed by atoms with E-state index < -0.39 is 0 Å². The topological polar surface area (TPSA) is 40.5 Å². The maximum absolute atomic E-state index is 5.76. The second-order valence-corrected chi connectivity index (χ2v) is 4.95. The van der Waals surface area contributed by atoms with Crippen LogP contribution in [0.1, 0.15) is 18.4 Å². The van der Waals surface area contributed by atoms with Crippen LogP contribution in [0.25, 0.3) is 0 Å². The van der Waals surface area contributed by atoms with Gasteiger partial charge in [-0.2, -0.15) is 0 Å². The molecule has 0 saturated carbocycles. The maximum atomic E-state index is 5.76. The van der Waals surface area contributed by atoms with Crippen LogP contribution in [-0.2, 0) is 6.42 Å². The first-order chi connectivity index (χ1) is 9.67. The van der Waals surface area contributed by atoms with Crippen LogP contribution in [-0.4, -0.2) is 43.0 Å². The molecule has 1 aromatic rings. The van der Waals surface area contributed by atoms with Crippen molar-refractivity contribution in [3.05, 3.63) is 41.7 Å². The van der Waals surface area contributed by atoms with Gasteiger partial charge in [-0.3, -0.25) is 4.99 Å². The highest BCUT2D eigenvalue weighted by atomic mass is 35.5. The largest absolute Gasteiger partial charge is 0.356 e. The summed E-state index contributed by atoms with van der Waals surface area (Å²) in [6.07, 6.45) is 6.75. The molecule has 0 unspecified atom stereocenters. The maximum Gasteiger partial charge on any atom is 0.193 e. The number of rotatable bonds is 7. The number of halogens is 1. The zero-order chi connectivity index (χ0) is 14.8. The Kier molecular flexibility index (Phi) is 7.73. The number of guanidine groups is 1. The Hall–Kier alpha value is -1.55. The van der Waals surface area contributed by atoms with Crippen molar-refractivity contribution in [1.29, 1.82) is 0 Å². The summed E-state index contributed by atoms with van der Waals surface area (Å²) in [4.78, 5) is 10.5. The summed E-state index contributed by atoms with van der Waals surface area (Å²) in [6, 6.07) is 3.81. The van der Waals surface area contributed by atoms with Crippen molar-refractivity contribution < 1.29 is 0 Å². The Bertz CT molecular complexity index is 428. The third-order valence-corrected chi connectivity index (χ3v) is 3.18. The SMILES string of the molecule is C=CCCCN(C)C(=NC)NCCc1ccc(Cl)nc1. The summed E-state index contributed by atoms with van der Waals surface area (Å²) in [5.41, 5.74) is 1.16. The number of aliphatic imine (C=N–C) groups is 1. The Morgan fingerprint density at radius 2 is 2.35 bits per heavy atom. The van der Waals surface area contributed by atoms with E-state index in [4.69, 9.17) is 11.6 Å². The van der Waals surface area contributed by atoms with Gasteiger partial charge < -0.3 is 10.2 Å². The number of nitrogens with one attached hydrogen (secondary N) is 1. The fourth-order valence-corrected chi connectivity index (χ4v) is 1.95. The third-order valence-electron chi connectivity index (χ3n) is 2.96. The standard InChI is InChI=1S/C15H23ClN4/c1-4-5-6-11-20(3)15(17-2)18-10-9-13-7-8-14(16)19-12-13/h4,7-8,12H,1,5-6,9-11H2,2-3H3,(H,17,18). The van der Waals surface area contributed by atoms with Gasteiger partial charge in [0.1, 0.15) is 5.15 Å². The van der Waals surface area contributed by atoms with Crippen molar-refractivity contribution in [3.63, 3.8) is 0 Å². The average Bonchev–Trinajstić information content (AvgIpc) is 2.45. The van der Waals surface area contributed by atoms with E-state index in [1.165, 1.54) is 0 Å². The highest BCUT2D eigenvalue weighted by Gasteiger charge is 2.04. The molecular formula is C15H23ClN4. The van der Waals surface area contributed by atoms with E-state index in [1.54, 1.807) is 13.2 Å². The summed E-state index contributed by atoms with van der Waals surface area (Å²) in [5, 5.41) is 3.88. The van der Waals surface area contributed by atoms with Gasteiger partial charge in [0.15, 0.2) is 5.96 Å². The number of nitrogens with zero attached hydrogens (tertiary/aromatic N) is 3. The number of hydrogen-bond acceptors (Lipinski definition) is 2. The second kappa shape index (κ2) is 9.37. The molecule has 4 nitrogen and oxygen atoms in total. The van der Waals surface area contributed by atoms with Gasteiger partial charge in [-0.1, -0.05) is 23.7 Å². The quantitative estimate of drug-likeness (QED) is 0.276. The van der Waals surface area contributed by atoms with E-state index in [-0.39, 0.29) is 0 Å². The first-order valence-corrected chi connectivity index (χ1v) is 7.18. The summed E-state index contributed by atoms with van der Waals surface area (Å²) >= 11 is 5.76. The van der Waals surface area contributed by atoms with E-state index in [9.17, 15) is 0 Å². The van der Waals surface area contributed by atoms with Crippen LogP contribution in [0.3, 0.4) is 0 Å². The van der Waals surface area contributed by atoms with Crippen LogP contribution in [0.15, 0.2) is 36.0 Å². The molecule has 0 fully saturated rings. The van der Waals surface area contributed by atoms with E-state index >= 15 is 0 Å². The molecular weight excluding hydrogens is 272 g/mol. The fraction of sp³-hybridized carbons (Fsp3) is 0.467. The van der Waals surface area contributed by atoms with Crippen molar-refractivity contribution in [2.75, 3.05) is 27.2 Å². The molecule has 0 atom stereocenters. The lowest BCUT2D eigenvalue weighted by Crippen LogP contribution is -2.40. The van der Waals surface area contributed by atoms with E-state index in [2.05, 4.69) is 26.8 Å². The Labute approximate surface area is 126 Å². The molecule has 0 amide bonds. The molecule has 20 heavy (non-hydrogen) atoms. The van der Waals surface area contributed by atoms with Crippen molar-refractivity contribution in [3.8, 4) is 0 Å². The molecule has 0 aromatic carbocycles. The predicted octanol–water partition coefficient (Wildman–Crippen LogP) is 2.75. The van der Waals surface area contributed by atoms with E-state index in [1.807, 2.05) is 25.3 Å². The minimum atomic E-state index is 0.527. The average molecular weight is 295 g/mol. The molecule has 0 bridgehead atoms. The molecule has 0 aliphatic carbocycles. The van der Waals surface area contributed by atoms with Crippen LogP contribution in [0.4, 0.5) is 0 Å².